The number of carbonyl (C=O) groups excluding carboxylic acids is 1. The van der Waals surface area contributed by atoms with Crippen LogP contribution in [0.15, 0.2) is 53.1 Å². The normalized spacial score (nSPS) is 13.8. The van der Waals surface area contributed by atoms with Crippen LogP contribution in [0.25, 0.3) is 0 Å². The molecule has 2 rings (SSSR count). The summed E-state index contributed by atoms with van der Waals surface area (Å²) in [6.07, 6.45) is 1.62. The van der Waals surface area contributed by atoms with Crippen molar-refractivity contribution in [2.75, 3.05) is 7.11 Å². The van der Waals surface area contributed by atoms with E-state index in [0.29, 0.717) is 0 Å². The molecule has 2 unspecified atom stereocenters. The topological polar surface area (TPSA) is 51.5 Å². The third-order valence-electron chi connectivity index (χ3n) is 2.93. The first-order valence-corrected chi connectivity index (χ1v) is 6.14. The van der Waals surface area contributed by atoms with Gasteiger partial charge in [-0.25, -0.2) is 0 Å². The average Bonchev–Trinajstić information content (AvgIpc) is 2.98. The third-order valence-corrected chi connectivity index (χ3v) is 2.93. The highest BCUT2D eigenvalue weighted by Gasteiger charge is 2.22. The fraction of sp³-hybridized carbons (Fsp3) is 0.267. The molecular formula is C15H17NO3. The summed E-state index contributed by atoms with van der Waals surface area (Å²) in [5, 5.41) is 3.22. The van der Waals surface area contributed by atoms with E-state index in [1.807, 2.05) is 42.5 Å². The Kier molecular flexibility index (Phi) is 4.36. The Hall–Kier alpha value is -2.07. The van der Waals surface area contributed by atoms with Gasteiger partial charge in [-0.05, 0) is 24.6 Å². The third kappa shape index (κ3) is 3.23. The van der Waals surface area contributed by atoms with Gasteiger partial charge in [0.15, 0.2) is 0 Å². The number of rotatable bonds is 5. The van der Waals surface area contributed by atoms with E-state index < -0.39 is 6.04 Å². The molecule has 0 saturated heterocycles. The van der Waals surface area contributed by atoms with E-state index in [9.17, 15) is 4.79 Å². The van der Waals surface area contributed by atoms with Crippen molar-refractivity contribution in [3.63, 3.8) is 0 Å². The van der Waals surface area contributed by atoms with Gasteiger partial charge in [0.1, 0.15) is 11.8 Å². The summed E-state index contributed by atoms with van der Waals surface area (Å²) in [5.41, 5.74) is 1.04. The van der Waals surface area contributed by atoms with E-state index in [0.717, 1.165) is 11.3 Å². The van der Waals surface area contributed by atoms with Crippen LogP contribution in [0.5, 0.6) is 0 Å². The molecule has 0 radical (unpaired) electrons. The molecule has 2 atom stereocenters. The minimum atomic E-state index is -0.416. The number of esters is 1. The van der Waals surface area contributed by atoms with Crippen molar-refractivity contribution in [2.24, 2.45) is 0 Å². The Morgan fingerprint density at radius 1 is 1.21 bits per heavy atom. The smallest absolute Gasteiger partial charge is 0.322 e. The standard InChI is InChI=1S/C15H17NO3/c1-11(15(17)18-2)16-14(13-9-6-10-19-13)12-7-4-3-5-8-12/h3-11,14,16H,1-2H3. The molecule has 2 aromatic rings. The number of hydrogen-bond acceptors (Lipinski definition) is 4. The monoisotopic (exact) mass is 259 g/mol. The molecule has 0 bridgehead atoms. The lowest BCUT2D eigenvalue weighted by atomic mass is 10.0. The van der Waals surface area contributed by atoms with Gasteiger partial charge in [0.25, 0.3) is 0 Å². The van der Waals surface area contributed by atoms with E-state index in [1.165, 1.54) is 7.11 Å². The van der Waals surface area contributed by atoms with Crippen LogP contribution in [0.2, 0.25) is 0 Å². The van der Waals surface area contributed by atoms with Crippen molar-refractivity contribution in [1.29, 1.82) is 0 Å². The Bertz CT molecular complexity index is 507. The highest BCUT2D eigenvalue weighted by molar-refractivity contribution is 5.75. The highest BCUT2D eigenvalue weighted by atomic mass is 16.5. The van der Waals surface area contributed by atoms with Gasteiger partial charge in [0.05, 0.1) is 19.4 Å². The Morgan fingerprint density at radius 2 is 1.95 bits per heavy atom. The van der Waals surface area contributed by atoms with Gasteiger partial charge < -0.3 is 9.15 Å². The number of methoxy groups -OCH3 is 1. The minimum Gasteiger partial charge on any atom is -0.468 e. The summed E-state index contributed by atoms with van der Waals surface area (Å²) >= 11 is 0. The first-order chi connectivity index (χ1) is 9.22. The number of nitrogens with one attached hydrogen (secondary N) is 1. The molecule has 1 heterocycles. The summed E-state index contributed by atoms with van der Waals surface area (Å²) < 4.78 is 10.2. The number of benzene rings is 1. The molecule has 0 spiro atoms. The van der Waals surface area contributed by atoms with E-state index in [1.54, 1.807) is 13.2 Å². The van der Waals surface area contributed by atoms with E-state index in [2.05, 4.69) is 5.32 Å². The van der Waals surface area contributed by atoms with Crippen molar-refractivity contribution in [3.05, 3.63) is 60.1 Å². The molecule has 0 aliphatic carbocycles. The SMILES string of the molecule is COC(=O)C(C)NC(c1ccccc1)c1ccco1. The summed E-state index contributed by atoms with van der Waals surface area (Å²) in [7, 11) is 1.38. The number of carbonyl (C=O) groups is 1. The van der Waals surface area contributed by atoms with Gasteiger partial charge in [0.2, 0.25) is 0 Å². The molecule has 4 heteroatoms. The van der Waals surface area contributed by atoms with Crippen LogP contribution in [0.4, 0.5) is 0 Å². The zero-order valence-electron chi connectivity index (χ0n) is 11.0. The fourth-order valence-corrected chi connectivity index (χ4v) is 1.94. The van der Waals surface area contributed by atoms with Gasteiger partial charge in [-0.1, -0.05) is 30.3 Å². The largest absolute Gasteiger partial charge is 0.468 e. The molecular weight excluding hydrogens is 242 g/mol. The molecule has 1 aromatic heterocycles. The molecule has 0 saturated carbocycles. The highest BCUT2D eigenvalue weighted by Crippen LogP contribution is 2.22. The van der Waals surface area contributed by atoms with Gasteiger partial charge in [-0.3, -0.25) is 10.1 Å². The maximum absolute atomic E-state index is 11.5. The van der Waals surface area contributed by atoms with Gasteiger partial charge in [-0.15, -0.1) is 0 Å². The second kappa shape index (κ2) is 6.20. The second-order valence-electron chi connectivity index (χ2n) is 4.27. The first kappa shape index (κ1) is 13.4. The molecule has 0 fully saturated rings. The minimum absolute atomic E-state index is 0.176. The molecule has 100 valence electrons. The first-order valence-electron chi connectivity index (χ1n) is 6.14. The maximum atomic E-state index is 11.5. The summed E-state index contributed by atoms with van der Waals surface area (Å²) in [5.74, 6) is 0.467. The van der Waals surface area contributed by atoms with E-state index >= 15 is 0 Å². The van der Waals surface area contributed by atoms with Gasteiger partial charge in [0, 0.05) is 0 Å². The maximum Gasteiger partial charge on any atom is 0.322 e. The molecule has 1 aromatic carbocycles. The molecule has 0 amide bonds. The lowest BCUT2D eigenvalue weighted by molar-refractivity contribution is -0.142. The molecule has 0 aliphatic rings. The number of hydrogen-bond donors (Lipinski definition) is 1. The van der Waals surface area contributed by atoms with Crippen LogP contribution in [0.3, 0.4) is 0 Å². The number of furan rings is 1. The predicted molar refractivity (Wildman–Crippen MR) is 71.6 cm³/mol. The fourth-order valence-electron chi connectivity index (χ4n) is 1.94. The molecule has 4 nitrogen and oxygen atoms in total. The quantitative estimate of drug-likeness (QED) is 0.838. The second-order valence-corrected chi connectivity index (χ2v) is 4.27. The van der Waals surface area contributed by atoms with Crippen LogP contribution in [-0.2, 0) is 9.53 Å². The Labute approximate surface area is 112 Å². The van der Waals surface area contributed by atoms with Crippen molar-refractivity contribution >= 4 is 5.97 Å². The Morgan fingerprint density at radius 3 is 2.53 bits per heavy atom. The zero-order chi connectivity index (χ0) is 13.7. The number of ether oxygens (including phenoxy) is 1. The molecule has 0 aliphatic heterocycles. The van der Waals surface area contributed by atoms with E-state index in [-0.39, 0.29) is 12.0 Å². The van der Waals surface area contributed by atoms with Crippen LogP contribution in [-0.4, -0.2) is 19.1 Å². The van der Waals surface area contributed by atoms with Gasteiger partial charge in [-0.2, -0.15) is 0 Å². The van der Waals surface area contributed by atoms with Crippen molar-refractivity contribution in [1.82, 2.24) is 5.32 Å². The van der Waals surface area contributed by atoms with Crippen LogP contribution in [0, 0.1) is 0 Å². The van der Waals surface area contributed by atoms with Gasteiger partial charge >= 0.3 is 5.97 Å². The van der Waals surface area contributed by atoms with Crippen molar-refractivity contribution in [2.45, 2.75) is 19.0 Å². The van der Waals surface area contributed by atoms with Crippen LogP contribution >= 0.6 is 0 Å². The summed E-state index contributed by atoms with van der Waals surface area (Å²) in [6.45, 7) is 1.77. The summed E-state index contributed by atoms with van der Waals surface area (Å²) in [6, 6.07) is 13.0. The predicted octanol–water partition coefficient (Wildman–Crippen LogP) is 2.52. The lowest BCUT2D eigenvalue weighted by Crippen LogP contribution is -2.37. The summed E-state index contributed by atoms with van der Waals surface area (Å²) in [4.78, 5) is 11.5. The Balaban J connectivity index is 2.24. The van der Waals surface area contributed by atoms with Crippen LogP contribution < -0.4 is 5.32 Å². The molecule has 1 N–H and O–H groups in total. The van der Waals surface area contributed by atoms with Crippen molar-refractivity contribution in [3.8, 4) is 0 Å². The van der Waals surface area contributed by atoms with Crippen molar-refractivity contribution < 1.29 is 13.9 Å². The zero-order valence-corrected chi connectivity index (χ0v) is 11.0. The van der Waals surface area contributed by atoms with Crippen LogP contribution in [0.1, 0.15) is 24.3 Å². The average molecular weight is 259 g/mol. The van der Waals surface area contributed by atoms with E-state index in [4.69, 9.17) is 9.15 Å². The lowest BCUT2D eigenvalue weighted by Gasteiger charge is -2.20. The molecule has 19 heavy (non-hydrogen) atoms.